The quantitative estimate of drug-likeness (QED) is 0.655. The van der Waals surface area contributed by atoms with Crippen molar-refractivity contribution in [3.05, 3.63) is 54.4 Å². The number of piperazine rings is 1. The molecule has 1 aliphatic heterocycles. The molecule has 3 heterocycles. The number of hydrogen-bond donors (Lipinski definition) is 0. The Bertz CT molecular complexity index is 1010. The van der Waals surface area contributed by atoms with Gasteiger partial charge in [0.2, 0.25) is 15.9 Å². The summed E-state index contributed by atoms with van der Waals surface area (Å²) in [4.78, 5) is 1.99. The van der Waals surface area contributed by atoms with Gasteiger partial charge in [-0.1, -0.05) is 6.07 Å². The molecule has 0 unspecified atom stereocenters. The monoisotopic (exact) mass is 392 g/mol. The van der Waals surface area contributed by atoms with Gasteiger partial charge >= 0.3 is 0 Å². The second-order valence-electron chi connectivity index (χ2n) is 6.12. The van der Waals surface area contributed by atoms with E-state index in [9.17, 15) is 12.8 Å². The van der Waals surface area contributed by atoms with Crippen molar-refractivity contribution in [3.63, 3.8) is 0 Å². The topological polar surface area (TPSA) is 92.7 Å². The number of sulfonamides is 1. The number of aromatic nitrogens is 2. The third kappa shape index (κ3) is 3.77. The predicted octanol–water partition coefficient (Wildman–Crippen LogP) is 1.98. The minimum absolute atomic E-state index is 0.0315. The molecule has 1 fully saturated rings. The van der Waals surface area contributed by atoms with Crippen LogP contribution in [-0.4, -0.2) is 54.0 Å². The summed E-state index contributed by atoms with van der Waals surface area (Å²) in [7, 11) is -3.70. The first-order chi connectivity index (χ1) is 13.0. The molecule has 27 heavy (non-hydrogen) atoms. The second kappa shape index (κ2) is 7.22. The SMILES string of the molecule is O=S(=O)(c1cccc(F)c1)N1CCN(Cc2nnc(-c3ccco3)o2)CC1. The summed E-state index contributed by atoms with van der Waals surface area (Å²) >= 11 is 0. The van der Waals surface area contributed by atoms with E-state index >= 15 is 0 Å². The van der Waals surface area contributed by atoms with Crippen molar-refractivity contribution in [2.24, 2.45) is 0 Å². The lowest BCUT2D eigenvalue weighted by molar-refractivity contribution is 0.168. The average molecular weight is 392 g/mol. The van der Waals surface area contributed by atoms with Crippen molar-refractivity contribution in [2.45, 2.75) is 11.4 Å². The van der Waals surface area contributed by atoms with E-state index in [2.05, 4.69) is 10.2 Å². The largest absolute Gasteiger partial charge is 0.459 e. The normalized spacial score (nSPS) is 16.6. The molecule has 3 aromatic rings. The molecule has 10 heteroatoms. The summed E-state index contributed by atoms with van der Waals surface area (Å²) in [5, 5.41) is 7.95. The van der Waals surface area contributed by atoms with Crippen molar-refractivity contribution < 1.29 is 21.6 Å². The van der Waals surface area contributed by atoms with Crippen molar-refractivity contribution in [3.8, 4) is 11.7 Å². The molecule has 2 aromatic heterocycles. The highest BCUT2D eigenvalue weighted by Crippen LogP contribution is 2.21. The molecule has 142 valence electrons. The predicted molar refractivity (Wildman–Crippen MR) is 92.4 cm³/mol. The van der Waals surface area contributed by atoms with Crippen LogP contribution in [-0.2, 0) is 16.6 Å². The highest BCUT2D eigenvalue weighted by atomic mass is 32.2. The molecule has 4 rings (SSSR count). The summed E-state index contributed by atoms with van der Waals surface area (Å²) in [6.45, 7) is 2.04. The molecule has 1 aromatic carbocycles. The van der Waals surface area contributed by atoms with E-state index in [-0.39, 0.29) is 4.90 Å². The van der Waals surface area contributed by atoms with Crippen LogP contribution in [0.25, 0.3) is 11.7 Å². The summed E-state index contributed by atoms with van der Waals surface area (Å²) in [6, 6.07) is 8.52. The molecule has 0 N–H and O–H groups in total. The van der Waals surface area contributed by atoms with Crippen LogP contribution >= 0.6 is 0 Å². The smallest absolute Gasteiger partial charge is 0.283 e. The van der Waals surface area contributed by atoms with Crippen LogP contribution < -0.4 is 0 Å². The maximum absolute atomic E-state index is 13.4. The Morgan fingerprint density at radius 2 is 1.89 bits per heavy atom. The number of halogens is 1. The van der Waals surface area contributed by atoms with Gasteiger partial charge in [0.1, 0.15) is 5.82 Å². The number of nitrogens with zero attached hydrogens (tertiary/aromatic N) is 4. The van der Waals surface area contributed by atoms with Gasteiger partial charge in [-0.25, -0.2) is 12.8 Å². The van der Waals surface area contributed by atoms with Crippen molar-refractivity contribution in [2.75, 3.05) is 26.2 Å². The van der Waals surface area contributed by atoms with Gasteiger partial charge in [-0.2, -0.15) is 4.31 Å². The number of benzene rings is 1. The van der Waals surface area contributed by atoms with Gasteiger partial charge < -0.3 is 8.83 Å². The van der Waals surface area contributed by atoms with E-state index < -0.39 is 15.8 Å². The Kier molecular flexibility index (Phi) is 4.77. The highest BCUT2D eigenvalue weighted by Gasteiger charge is 2.29. The van der Waals surface area contributed by atoms with Gasteiger partial charge in [-0.15, -0.1) is 10.2 Å². The Morgan fingerprint density at radius 1 is 1.07 bits per heavy atom. The molecule has 1 aliphatic rings. The number of rotatable bonds is 5. The maximum atomic E-state index is 13.4. The lowest BCUT2D eigenvalue weighted by Gasteiger charge is -2.33. The second-order valence-corrected chi connectivity index (χ2v) is 8.05. The molecule has 1 saturated heterocycles. The van der Waals surface area contributed by atoms with Crippen LogP contribution in [0, 0.1) is 5.82 Å². The Labute approximate surface area is 155 Å². The first-order valence-electron chi connectivity index (χ1n) is 8.37. The Balaban J connectivity index is 1.38. The molecule has 0 atom stereocenters. The zero-order chi connectivity index (χ0) is 18.9. The van der Waals surface area contributed by atoms with E-state index in [1.54, 1.807) is 12.1 Å². The molecule has 0 spiro atoms. The molecule has 8 nitrogen and oxygen atoms in total. The number of furan rings is 1. The minimum Gasteiger partial charge on any atom is -0.459 e. The highest BCUT2D eigenvalue weighted by molar-refractivity contribution is 7.89. The minimum atomic E-state index is -3.70. The first-order valence-corrected chi connectivity index (χ1v) is 9.81. The van der Waals surface area contributed by atoms with Crippen LogP contribution in [0.15, 0.2) is 56.4 Å². The summed E-state index contributed by atoms with van der Waals surface area (Å²) in [5.74, 6) is 0.670. The van der Waals surface area contributed by atoms with Crippen molar-refractivity contribution >= 4 is 10.0 Å². The fourth-order valence-electron chi connectivity index (χ4n) is 2.91. The zero-order valence-corrected chi connectivity index (χ0v) is 15.1. The standard InChI is InChI=1S/C17H17FN4O4S/c18-13-3-1-4-14(11-13)27(23,24)22-8-6-21(7-9-22)12-16-19-20-17(26-16)15-5-2-10-25-15/h1-5,10-11H,6-9,12H2. The fraction of sp³-hybridized carbons (Fsp3) is 0.294. The van der Waals surface area contributed by atoms with Crippen molar-refractivity contribution in [1.82, 2.24) is 19.4 Å². The van der Waals surface area contributed by atoms with Crippen molar-refractivity contribution in [1.29, 1.82) is 0 Å². The molecular formula is C17H17FN4O4S. The summed E-state index contributed by atoms with van der Waals surface area (Å²) in [6.07, 6.45) is 1.53. The summed E-state index contributed by atoms with van der Waals surface area (Å²) < 4.78 is 50.8. The zero-order valence-electron chi connectivity index (χ0n) is 14.3. The molecule has 0 bridgehead atoms. The van der Waals surface area contributed by atoms with Gasteiger partial charge in [-0.3, -0.25) is 4.90 Å². The van der Waals surface area contributed by atoms with E-state index in [4.69, 9.17) is 8.83 Å². The van der Waals surface area contributed by atoms with E-state index in [0.29, 0.717) is 50.3 Å². The van der Waals surface area contributed by atoms with E-state index in [1.807, 2.05) is 4.90 Å². The van der Waals surface area contributed by atoms with Crippen LogP contribution in [0.5, 0.6) is 0 Å². The first kappa shape index (κ1) is 17.8. The van der Waals surface area contributed by atoms with Crippen LogP contribution in [0.3, 0.4) is 0 Å². The summed E-state index contributed by atoms with van der Waals surface area (Å²) in [5.41, 5.74) is 0. The molecule has 0 aliphatic carbocycles. The van der Waals surface area contributed by atoms with Gasteiger partial charge in [0, 0.05) is 26.2 Å². The van der Waals surface area contributed by atoms with Crippen LogP contribution in [0.2, 0.25) is 0 Å². The third-order valence-electron chi connectivity index (χ3n) is 4.32. The molecule has 0 radical (unpaired) electrons. The lowest BCUT2D eigenvalue weighted by Crippen LogP contribution is -2.48. The fourth-order valence-corrected chi connectivity index (χ4v) is 4.37. The molecule has 0 amide bonds. The Morgan fingerprint density at radius 3 is 2.59 bits per heavy atom. The lowest BCUT2D eigenvalue weighted by atomic mass is 10.3. The van der Waals surface area contributed by atoms with Gasteiger partial charge in [0.05, 0.1) is 17.7 Å². The molecular weight excluding hydrogens is 375 g/mol. The third-order valence-corrected chi connectivity index (χ3v) is 6.22. The van der Waals surface area contributed by atoms with E-state index in [0.717, 1.165) is 6.07 Å². The van der Waals surface area contributed by atoms with Gasteiger partial charge in [0.15, 0.2) is 5.76 Å². The van der Waals surface area contributed by atoms with Crippen LogP contribution in [0.4, 0.5) is 4.39 Å². The average Bonchev–Trinajstić information content (AvgIpc) is 3.34. The Hall–Kier alpha value is -2.56. The van der Waals surface area contributed by atoms with Crippen LogP contribution in [0.1, 0.15) is 5.89 Å². The number of hydrogen-bond acceptors (Lipinski definition) is 7. The van der Waals surface area contributed by atoms with Gasteiger partial charge in [0.25, 0.3) is 5.89 Å². The molecule has 0 saturated carbocycles. The maximum Gasteiger partial charge on any atom is 0.283 e. The van der Waals surface area contributed by atoms with E-state index in [1.165, 1.54) is 28.8 Å². The van der Waals surface area contributed by atoms with Gasteiger partial charge in [-0.05, 0) is 30.3 Å².